The molecule has 13 heterocycles. The van der Waals surface area contributed by atoms with Crippen LogP contribution in [0.25, 0.3) is 0 Å². The maximum absolute atomic E-state index is 15.5. The molecule has 0 saturated carbocycles. The molecule has 36 heteroatoms. The number of benzene rings is 2. The Morgan fingerprint density at radius 1 is 0.326 bits per heavy atom. The summed E-state index contributed by atoms with van der Waals surface area (Å²) >= 11 is 13.8. The van der Waals surface area contributed by atoms with Crippen molar-refractivity contribution in [3.8, 4) is 23.0 Å². The first-order valence-corrected chi connectivity index (χ1v) is 31.6. The molecule has 13 aliphatic heterocycles. The minimum Gasteiger partial charge on any atom is -0.492 e. The zero-order chi connectivity index (χ0) is 57.2. The molecular weight excluding hydrogens is 1430 g/mol. The summed E-state index contributed by atoms with van der Waals surface area (Å²) < 4.78 is 24.9. The molecule has 15 rings (SSSR count). The van der Waals surface area contributed by atoms with Crippen LogP contribution in [0.3, 0.4) is 0 Å². The maximum Gasteiger partial charge on any atom is 1.00 e. The summed E-state index contributed by atoms with van der Waals surface area (Å²) in [7, 11) is 0. The fourth-order valence-electron chi connectivity index (χ4n) is 15.8. The van der Waals surface area contributed by atoms with E-state index in [1.807, 2.05) is 13.8 Å². The number of nitrogens with zero attached hydrogens (tertiary/aromatic N) is 16. The molecular formula is C50H56Br4N16Na4O12+4. The maximum atomic E-state index is 15.5. The molecule has 28 nitrogen and oxygen atoms in total. The van der Waals surface area contributed by atoms with Crippen LogP contribution in [0.4, 0.5) is 38.4 Å². The Bertz CT molecular complexity index is 2900. The number of ether oxygens (including phenoxy) is 4. The molecule has 0 unspecified atom stereocenters. The summed E-state index contributed by atoms with van der Waals surface area (Å²) in [6.07, 6.45) is -4.42. The van der Waals surface area contributed by atoms with E-state index in [4.69, 9.17) is 18.9 Å². The second-order valence-electron chi connectivity index (χ2n) is 22.8. The molecule has 2 aromatic rings. The number of alkyl halides is 4. The van der Waals surface area contributed by atoms with Crippen LogP contribution in [0.15, 0.2) is 24.3 Å². The molecule has 0 aliphatic carbocycles. The van der Waals surface area contributed by atoms with Gasteiger partial charge in [0.2, 0.25) is 0 Å². The molecule has 2 aromatic carbocycles. The van der Waals surface area contributed by atoms with Crippen molar-refractivity contribution >= 4 is 112 Å². The van der Waals surface area contributed by atoms with Gasteiger partial charge >= 0.3 is 166 Å². The molecule has 0 N–H and O–H groups in total. The number of urea groups is 8. The Hall–Kier alpha value is -2.28. The summed E-state index contributed by atoms with van der Waals surface area (Å²) in [6.45, 7) is 6.44. The van der Waals surface area contributed by atoms with Gasteiger partial charge in [0, 0.05) is 43.6 Å². The van der Waals surface area contributed by atoms with Crippen LogP contribution in [-0.4, -0.2) is 262 Å². The van der Waals surface area contributed by atoms with Crippen LogP contribution in [-0.2, 0) is 26.2 Å². The van der Waals surface area contributed by atoms with Gasteiger partial charge in [-0.2, -0.15) is 0 Å². The SMILES string of the molecule is CC12N3Cc4c(OCCBr)ccc(OCCBr)c4CN1C(=O)N1CN4C(=O)N5CN6C(=O)N7CN8C(=O)N9Cc%10c(OCCBr)ccc(OCCBr)c%10CN%10C(=O)N(CN%11C(=O)N(CN%12C(=O)N(CN(C3=O)C12C)C4C%125)C6C%117)C8(C)C%109C.[Na+].[Na+].[Na+].[Na+]. The molecule has 0 radical (unpaired) electrons. The number of fused-ring (bicyclic) bond motifs is 2. The monoisotopic (exact) mass is 1480 g/mol. The van der Waals surface area contributed by atoms with Crippen LogP contribution in [0.1, 0.15) is 49.9 Å². The zero-order valence-corrected chi connectivity index (χ0v) is 63.3. The summed E-state index contributed by atoms with van der Waals surface area (Å²) in [5.74, 6) is 2.12. The second-order valence-corrected chi connectivity index (χ2v) is 26.0. The average Bonchev–Trinajstić information content (AvgIpc) is 1.52. The molecule has 0 spiro atoms. The van der Waals surface area contributed by atoms with Crippen LogP contribution >= 0.6 is 63.7 Å². The van der Waals surface area contributed by atoms with E-state index in [9.17, 15) is 0 Å². The fraction of sp³-hybridized carbons (Fsp3) is 0.600. The van der Waals surface area contributed by atoms with Crippen molar-refractivity contribution < 1.29 is 176 Å². The van der Waals surface area contributed by atoms with E-state index in [-0.39, 0.29) is 171 Å². The molecule has 0 aromatic heterocycles. The van der Waals surface area contributed by atoms with Gasteiger partial charge in [-0.3, -0.25) is 78.4 Å². The smallest absolute Gasteiger partial charge is 0.492 e. The van der Waals surface area contributed by atoms with E-state index in [0.29, 0.717) is 93.0 Å². The molecule has 436 valence electrons. The van der Waals surface area contributed by atoms with Crippen molar-refractivity contribution in [1.29, 1.82) is 0 Å². The van der Waals surface area contributed by atoms with Crippen LogP contribution in [0.2, 0.25) is 0 Å². The minimum absolute atomic E-state index is 0. The third kappa shape index (κ3) is 8.02. The number of rotatable bonds is 12. The molecule has 0 bridgehead atoms. The quantitative estimate of drug-likeness (QED) is 0.143. The third-order valence-electron chi connectivity index (χ3n) is 20.0. The number of hydrogen-bond acceptors (Lipinski definition) is 12. The Morgan fingerprint density at radius 3 is 0.709 bits per heavy atom. The molecule has 86 heavy (non-hydrogen) atoms. The third-order valence-corrected chi connectivity index (χ3v) is 21.3. The topological polar surface area (TPSA) is 225 Å². The molecule has 11 fully saturated rings. The van der Waals surface area contributed by atoms with Crippen molar-refractivity contribution in [2.75, 3.05) is 87.8 Å². The van der Waals surface area contributed by atoms with Crippen molar-refractivity contribution in [2.24, 2.45) is 0 Å². The summed E-state index contributed by atoms with van der Waals surface area (Å²) in [5, 5.41) is 2.18. The van der Waals surface area contributed by atoms with Gasteiger partial charge in [0.15, 0.2) is 47.3 Å². The van der Waals surface area contributed by atoms with Crippen LogP contribution < -0.4 is 137 Å². The van der Waals surface area contributed by atoms with E-state index < -0.39 is 109 Å². The van der Waals surface area contributed by atoms with Crippen LogP contribution in [0, 0.1) is 0 Å². The number of carbonyl (C=O) groups excluding carboxylic acids is 8. The summed E-state index contributed by atoms with van der Waals surface area (Å²) in [6, 6.07) is 3.02. The second kappa shape index (κ2) is 22.8. The van der Waals surface area contributed by atoms with Gasteiger partial charge < -0.3 is 18.9 Å². The Morgan fingerprint density at radius 2 is 0.512 bits per heavy atom. The van der Waals surface area contributed by atoms with E-state index in [0.717, 1.165) is 0 Å². The van der Waals surface area contributed by atoms with Crippen molar-refractivity contribution in [1.82, 2.24) is 78.4 Å². The van der Waals surface area contributed by atoms with E-state index in [1.165, 1.54) is 58.8 Å². The van der Waals surface area contributed by atoms with Gasteiger partial charge in [0.1, 0.15) is 63.0 Å². The van der Waals surface area contributed by atoms with Gasteiger partial charge in [-0.25, -0.2) is 38.4 Å². The van der Waals surface area contributed by atoms with Crippen molar-refractivity contribution in [3.05, 3.63) is 46.5 Å². The summed E-state index contributed by atoms with van der Waals surface area (Å²) in [4.78, 5) is 148. The Labute approximate surface area is 616 Å². The van der Waals surface area contributed by atoms with E-state index >= 15 is 38.4 Å². The van der Waals surface area contributed by atoms with Crippen LogP contribution in [0.5, 0.6) is 23.0 Å². The normalized spacial score (nSPS) is 30.8. The predicted octanol–water partition coefficient (Wildman–Crippen LogP) is -7.62. The van der Waals surface area contributed by atoms with Gasteiger partial charge in [-0.05, 0) is 52.0 Å². The number of amides is 16. The van der Waals surface area contributed by atoms with Crippen molar-refractivity contribution in [2.45, 2.75) is 101 Å². The van der Waals surface area contributed by atoms with E-state index in [1.54, 1.807) is 57.7 Å². The van der Waals surface area contributed by atoms with Gasteiger partial charge in [-0.15, -0.1) is 0 Å². The molecule has 0 atom stereocenters. The molecule has 11 saturated heterocycles. The van der Waals surface area contributed by atoms with Gasteiger partial charge in [0.05, 0.1) is 52.6 Å². The average molecular weight is 1480 g/mol. The number of halogens is 4. The van der Waals surface area contributed by atoms with Gasteiger partial charge in [-0.1, -0.05) is 63.7 Å². The first-order valence-electron chi connectivity index (χ1n) is 27.1. The minimum atomic E-state index is -1.48. The predicted molar refractivity (Wildman–Crippen MR) is 295 cm³/mol. The summed E-state index contributed by atoms with van der Waals surface area (Å²) in [5.41, 5.74) is -3.02. The van der Waals surface area contributed by atoms with Crippen molar-refractivity contribution in [3.63, 3.8) is 0 Å². The standard InChI is InChI=1S/C50H56Br4N16O12.4Na/c1-47-49(3)67-23-59-37-35-55(39(59)71)21-57-36-38-61(41(57)73)25-69-45(77)65-19-29-30(34(82-16-12-54)8-7-33(29)81-15-11-53)20-66-46(78)70(50(69,4)48(65,66)2)26-62(38)42(74)58(36)22-56(35)40(72)60(37)24-68(49)44(76)64(47)18-28-27(17-63(47)43(67)75)31(79-13-9-51)5-6-32(28)80-14-10-52;;;;/h5-8,35-38H,9-26H2,1-4H3;;;;/q;4*+1. The zero-order valence-electron chi connectivity index (χ0n) is 48.9. The fourth-order valence-corrected chi connectivity index (χ4v) is 16.4. The van der Waals surface area contributed by atoms with Gasteiger partial charge in [0.25, 0.3) is 0 Å². The molecule has 13 aliphatic rings. The number of carbonyl (C=O) groups is 8. The Kier molecular flexibility index (Phi) is 17.3. The first-order chi connectivity index (χ1) is 39.4. The Balaban J connectivity index is 0.00000192. The first kappa shape index (κ1) is 65.2. The number of hydrogen-bond donors (Lipinski definition) is 0. The molecule has 16 amide bonds. The largest absolute Gasteiger partial charge is 1.00 e. The van der Waals surface area contributed by atoms with E-state index in [2.05, 4.69) is 63.7 Å².